The molecule has 0 aliphatic carbocycles. The summed E-state index contributed by atoms with van der Waals surface area (Å²) in [6.07, 6.45) is -4.94. The molecule has 176 valence electrons. The number of carbonyl (C=O) groups excluding carboxylic acids is 1. The summed E-state index contributed by atoms with van der Waals surface area (Å²) in [6.45, 7) is 1.55. The molecule has 7 nitrogen and oxygen atoms in total. The molecule has 1 heterocycles. The van der Waals surface area contributed by atoms with Crippen LogP contribution in [0.4, 0.5) is 29.3 Å². The van der Waals surface area contributed by atoms with E-state index >= 15 is 0 Å². The highest BCUT2D eigenvalue weighted by molar-refractivity contribution is 6.08. The smallest absolute Gasteiger partial charge is 0.406 e. The fourth-order valence-corrected chi connectivity index (χ4v) is 4.10. The third kappa shape index (κ3) is 4.23. The zero-order chi connectivity index (χ0) is 25.4. The van der Waals surface area contributed by atoms with Crippen molar-refractivity contribution in [3.63, 3.8) is 0 Å². The van der Waals surface area contributed by atoms with Crippen molar-refractivity contribution in [2.75, 3.05) is 9.80 Å². The molecule has 0 aromatic heterocycles. The summed E-state index contributed by atoms with van der Waals surface area (Å²) >= 11 is 0. The van der Waals surface area contributed by atoms with Crippen LogP contribution < -0.4 is 14.5 Å². The molecule has 10 heteroatoms. The topological polar surface area (TPSA) is 101 Å². The van der Waals surface area contributed by atoms with Crippen molar-refractivity contribution in [2.24, 2.45) is 0 Å². The minimum absolute atomic E-state index is 0.0133. The number of amides is 2. The highest BCUT2D eigenvalue weighted by Gasteiger charge is 2.57. The van der Waals surface area contributed by atoms with Gasteiger partial charge in [0.1, 0.15) is 5.75 Å². The quantitative estimate of drug-likeness (QED) is 0.568. The summed E-state index contributed by atoms with van der Waals surface area (Å²) in [7, 11) is 0. The first kappa shape index (κ1) is 23.6. The van der Waals surface area contributed by atoms with E-state index in [1.807, 2.05) is 12.1 Å². The first-order chi connectivity index (χ1) is 16.6. The summed E-state index contributed by atoms with van der Waals surface area (Å²) in [5.74, 6) is -0.556. The second-order valence-electron chi connectivity index (χ2n) is 7.78. The van der Waals surface area contributed by atoms with Crippen molar-refractivity contribution in [3.8, 4) is 17.9 Å². The number of aliphatic hydroxyl groups is 1. The Morgan fingerprint density at radius 3 is 2.00 bits per heavy atom. The second-order valence-corrected chi connectivity index (χ2v) is 7.78. The predicted octanol–water partition coefficient (Wildman–Crippen LogP) is 5.01. The zero-order valence-electron chi connectivity index (χ0n) is 18.2. The molecule has 1 aliphatic rings. The summed E-state index contributed by atoms with van der Waals surface area (Å²) in [6, 6.07) is 19.1. The van der Waals surface area contributed by atoms with Gasteiger partial charge in [0, 0.05) is 16.9 Å². The molecule has 1 unspecified atom stereocenters. The van der Waals surface area contributed by atoms with E-state index < -0.39 is 29.9 Å². The van der Waals surface area contributed by atoms with Crippen molar-refractivity contribution < 1.29 is 27.8 Å². The van der Waals surface area contributed by atoms with E-state index in [0.717, 1.165) is 17.0 Å². The van der Waals surface area contributed by atoms with Crippen LogP contribution in [-0.2, 0) is 5.72 Å². The van der Waals surface area contributed by atoms with E-state index in [-0.39, 0.29) is 11.3 Å². The van der Waals surface area contributed by atoms with Crippen molar-refractivity contribution in [2.45, 2.75) is 25.1 Å². The Morgan fingerprint density at radius 2 is 1.49 bits per heavy atom. The van der Waals surface area contributed by atoms with Crippen LogP contribution in [0.5, 0.6) is 5.75 Å². The summed E-state index contributed by atoms with van der Waals surface area (Å²) in [5.41, 5.74) is -0.851. The van der Waals surface area contributed by atoms with E-state index in [9.17, 15) is 23.1 Å². The van der Waals surface area contributed by atoms with Crippen LogP contribution >= 0.6 is 0 Å². The molecule has 0 spiro atoms. The number of ether oxygens (including phenoxy) is 1. The molecular weight excluding hydrogens is 461 g/mol. The Bertz CT molecular complexity index is 1340. The maximum absolute atomic E-state index is 13.7. The number of alkyl halides is 3. The van der Waals surface area contributed by atoms with E-state index in [4.69, 9.17) is 10.5 Å². The van der Waals surface area contributed by atoms with Crippen LogP contribution in [-0.4, -0.2) is 23.5 Å². The average molecular weight is 478 g/mol. The van der Waals surface area contributed by atoms with Crippen LogP contribution in [0.1, 0.15) is 23.6 Å². The summed E-state index contributed by atoms with van der Waals surface area (Å²) < 4.78 is 42.5. The lowest BCUT2D eigenvalue weighted by Gasteiger charge is -2.36. The van der Waals surface area contributed by atoms with Crippen LogP contribution in [0.25, 0.3) is 0 Å². The molecule has 0 bridgehead atoms. The fraction of sp³-hybridized carbons (Fsp3) is 0.160. The van der Waals surface area contributed by atoms with Crippen molar-refractivity contribution in [3.05, 3.63) is 89.5 Å². The number of urea groups is 1. The van der Waals surface area contributed by atoms with Gasteiger partial charge in [-0.2, -0.15) is 10.5 Å². The van der Waals surface area contributed by atoms with Crippen LogP contribution in [0.2, 0.25) is 0 Å². The predicted molar refractivity (Wildman–Crippen MR) is 119 cm³/mol. The van der Waals surface area contributed by atoms with Gasteiger partial charge in [0.15, 0.2) is 5.72 Å². The van der Waals surface area contributed by atoms with Gasteiger partial charge in [-0.05, 0) is 67.6 Å². The second kappa shape index (κ2) is 8.67. The number of anilines is 2. The zero-order valence-corrected chi connectivity index (χ0v) is 18.2. The molecule has 0 saturated carbocycles. The Balaban J connectivity index is 1.87. The number of hydrogen-bond acceptors (Lipinski definition) is 5. The van der Waals surface area contributed by atoms with Gasteiger partial charge in [0.25, 0.3) is 0 Å². The minimum Gasteiger partial charge on any atom is -0.406 e. The largest absolute Gasteiger partial charge is 0.573 e. The van der Waals surface area contributed by atoms with Gasteiger partial charge in [-0.3, -0.25) is 9.80 Å². The van der Waals surface area contributed by atoms with Crippen molar-refractivity contribution in [1.82, 2.24) is 0 Å². The SMILES string of the molecule is C[C@@H]1N(c2ccc(C#N)cc2)C(=O)N(c2ccc(C#N)cc2)C1(O)c1cccc(OC(F)(F)F)c1. The van der Waals surface area contributed by atoms with Gasteiger partial charge >= 0.3 is 12.4 Å². The highest BCUT2D eigenvalue weighted by atomic mass is 19.4. The molecule has 35 heavy (non-hydrogen) atoms. The molecule has 1 fully saturated rings. The number of rotatable bonds is 4. The molecule has 2 atom stereocenters. The third-order valence-corrected chi connectivity index (χ3v) is 5.73. The van der Waals surface area contributed by atoms with Gasteiger partial charge < -0.3 is 9.84 Å². The minimum atomic E-state index is -4.94. The van der Waals surface area contributed by atoms with Gasteiger partial charge in [0.05, 0.1) is 29.3 Å². The van der Waals surface area contributed by atoms with Crippen LogP contribution in [0.15, 0.2) is 72.8 Å². The Morgan fingerprint density at radius 1 is 0.943 bits per heavy atom. The molecule has 2 amide bonds. The number of nitrogens with zero attached hydrogens (tertiary/aromatic N) is 4. The average Bonchev–Trinajstić information content (AvgIpc) is 3.04. The number of halogens is 3. The molecule has 4 rings (SSSR count). The first-order valence-corrected chi connectivity index (χ1v) is 10.3. The van der Waals surface area contributed by atoms with E-state index in [2.05, 4.69) is 4.74 Å². The fourth-order valence-electron chi connectivity index (χ4n) is 4.10. The molecule has 1 N–H and O–H groups in total. The van der Waals surface area contributed by atoms with Crippen molar-refractivity contribution in [1.29, 1.82) is 10.5 Å². The highest BCUT2D eigenvalue weighted by Crippen LogP contribution is 2.45. The normalized spacial score (nSPS) is 19.9. The summed E-state index contributed by atoms with van der Waals surface area (Å²) in [4.78, 5) is 16.0. The maximum atomic E-state index is 13.7. The Kier molecular flexibility index (Phi) is 5.85. The molecule has 3 aromatic carbocycles. The monoisotopic (exact) mass is 478 g/mol. The molecule has 1 saturated heterocycles. The number of benzene rings is 3. The maximum Gasteiger partial charge on any atom is 0.573 e. The van der Waals surface area contributed by atoms with E-state index in [1.165, 1.54) is 53.4 Å². The Labute approximate surface area is 198 Å². The van der Waals surface area contributed by atoms with E-state index in [1.54, 1.807) is 19.1 Å². The van der Waals surface area contributed by atoms with Crippen LogP contribution in [0, 0.1) is 22.7 Å². The lowest BCUT2D eigenvalue weighted by atomic mass is 9.94. The lowest BCUT2D eigenvalue weighted by molar-refractivity contribution is -0.274. The van der Waals surface area contributed by atoms with Gasteiger partial charge in [-0.25, -0.2) is 4.79 Å². The van der Waals surface area contributed by atoms with E-state index in [0.29, 0.717) is 16.8 Å². The molecular formula is C25H17F3N4O3. The molecule has 1 aliphatic heterocycles. The third-order valence-electron chi connectivity index (χ3n) is 5.73. The van der Waals surface area contributed by atoms with Gasteiger partial charge in [-0.1, -0.05) is 12.1 Å². The summed E-state index contributed by atoms with van der Waals surface area (Å²) in [5, 5.41) is 30.2. The molecule has 0 radical (unpaired) electrons. The lowest BCUT2D eigenvalue weighted by Crippen LogP contribution is -2.48. The van der Waals surface area contributed by atoms with Crippen molar-refractivity contribution >= 4 is 17.4 Å². The first-order valence-electron chi connectivity index (χ1n) is 10.3. The number of carbonyl (C=O) groups is 1. The number of nitriles is 2. The standard InChI is InChI=1S/C25H17F3N4O3/c1-16-24(34,19-3-2-4-22(13-19)35-25(26,27)28)32(21-11-7-18(15-30)8-12-21)23(33)31(16)20-9-5-17(14-29)6-10-20/h2-13,16,34H,1H3/t16-,24?/m0/s1. The van der Waals surface area contributed by atoms with Gasteiger partial charge in [-0.15, -0.1) is 13.2 Å². The van der Waals surface area contributed by atoms with Gasteiger partial charge in [0.2, 0.25) is 0 Å². The molecule has 3 aromatic rings. The number of hydrogen-bond donors (Lipinski definition) is 1. The Hall–Kier alpha value is -4.54. The van der Waals surface area contributed by atoms with Crippen LogP contribution in [0.3, 0.4) is 0 Å².